The fraction of sp³-hybridized carbons (Fsp3) is 0.545. The highest BCUT2D eigenvalue weighted by Gasteiger charge is 2.56. The molecular weight excluding hydrogens is 400 g/mol. The number of nitrogens with zero attached hydrogens (tertiary/aromatic N) is 1. The van der Waals surface area contributed by atoms with E-state index >= 15 is 0 Å². The first-order chi connectivity index (χ1) is 13.6. The Labute approximate surface area is 173 Å². The standard InChI is InChI=1S/C22H26F4N2O2/c1-12-16(11-27)18(15-7-6-14(23)10-17(15)22(24,25)26)21(19(29)30,13(2)28-12)9-8-20(3,4)5/h6-7,10,13,18,28H,8-9H2,1-5H3,(H,29,30). The first-order valence-electron chi connectivity index (χ1n) is 9.62. The number of carbonyl (C=O) groups is 1. The summed E-state index contributed by atoms with van der Waals surface area (Å²) in [6, 6.07) is 3.35. The van der Waals surface area contributed by atoms with Crippen molar-refractivity contribution in [3.63, 3.8) is 0 Å². The van der Waals surface area contributed by atoms with Crippen molar-refractivity contribution in [3.05, 3.63) is 46.4 Å². The average molecular weight is 426 g/mol. The molecule has 30 heavy (non-hydrogen) atoms. The van der Waals surface area contributed by atoms with Crippen LogP contribution >= 0.6 is 0 Å². The average Bonchev–Trinajstić information content (AvgIpc) is 2.59. The third kappa shape index (κ3) is 4.30. The van der Waals surface area contributed by atoms with Crippen LogP contribution in [0.4, 0.5) is 17.6 Å². The molecule has 0 saturated heterocycles. The zero-order chi connectivity index (χ0) is 23.1. The van der Waals surface area contributed by atoms with Gasteiger partial charge < -0.3 is 10.4 Å². The van der Waals surface area contributed by atoms with Crippen LogP contribution in [0.1, 0.15) is 64.5 Å². The number of nitrogens with one attached hydrogen (secondary N) is 1. The van der Waals surface area contributed by atoms with Crippen LogP contribution in [0, 0.1) is 28.0 Å². The van der Waals surface area contributed by atoms with Crippen molar-refractivity contribution in [3.8, 4) is 6.07 Å². The van der Waals surface area contributed by atoms with E-state index in [0.29, 0.717) is 18.2 Å². The van der Waals surface area contributed by atoms with Gasteiger partial charge in [-0.15, -0.1) is 0 Å². The maximum atomic E-state index is 13.8. The number of alkyl halides is 3. The van der Waals surface area contributed by atoms with E-state index in [-0.39, 0.29) is 17.4 Å². The number of nitriles is 1. The molecule has 3 atom stereocenters. The Balaban J connectivity index is 2.89. The van der Waals surface area contributed by atoms with Crippen LogP contribution in [-0.4, -0.2) is 17.1 Å². The molecule has 2 N–H and O–H groups in total. The lowest BCUT2D eigenvalue weighted by atomic mass is 9.59. The highest BCUT2D eigenvalue weighted by molar-refractivity contribution is 5.79. The fourth-order valence-electron chi connectivity index (χ4n) is 4.22. The van der Waals surface area contributed by atoms with Crippen LogP contribution in [0.5, 0.6) is 0 Å². The van der Waals surface area contributed by atoms with Gasteiger partial charge in [-0.1, -0.05) is 26.8 Å². The van der Waals surface area contributed by atoms with Crippen LogP contribution in [0.2, 0.25) is 0 Å². The smallest absolute Gasteiger partial charge is 0.416 e. The maximum absolute atomic E-state index is 13.8. The van der Waals surface area contributed by atoms with Gasteiger partial charge in [0.15, 0.2) is 0 Å². The molecule has 0 bridgehead atoms. The van der Waals surface area contributed by atoms with Gasteiger partial charge in [0.25, 0.3) is 0 Å². The first kappa shape index (κ1) is 23.7. The quantitative estimate of drug-likeness (QED) is 0.614. The number of aliphatic carboxylic acids is 1. The molecule has 1 aliphatic heterocycles. The molecule has 0 radical (unpaired) electrons. The second-order valence-electron chi connectivity index (χ2n) is 9.09. The summed E-state index contributed by atoms with van der Waals surface area (Å²) in [6.07, 6.45) is -4.46. The van der Waals surface area contributed by atoms with Gasteiger partial charge in [-0.25, -0.2) is 4.39 Å². The Kier molecular flexibility index (Phi) is 6.27. The van der Waals surface area contributed by atoms with Crippen LogP contribution in [0.3, 0.4) is 0 Å². The van der Waals surface area contributed by atoms with E-state index in [0.717, 1.165) is 12.1 Å². The molecule has 0 spiro atoms. The van der Waals surface area contributed by atoms with Gasteiger partial charge in [-0.3, -0.25) is 4.79 Å². The minimum atomic E-state index is -4.91. The monoisotopic (exact) mass is 426 g/mol. The molecule has 164 valence electrons. The van der Waals surface area contributed by atoms with Crippen molar-refractivity contribution < 1.29 is 27.5 Å². The second-order valence-corrected chi connectivity index (χ2v) is 9.09. The molecule has 0 aliphatic carbocycles. The summed E-state index contributed by atoms with van der Waals surface area (Å²) < 4.78 is 55.2. The molecule has 1 heterocycles. The molecular formula is C22H26F4N2O2. The number of carboxylic acids is 1. The number of hydrogen-bond acceptors (Lipinski definition) is 3. The lowest BCUT2D eigenvalue weighted by Crippen LogP contribution is -2.56. The number of halogens is 4. The van der Waals surface area contributed by atoms with E-state index in [1.165, 1.54) is 6.92 Å². The fourth-order valence-corrected chi connectivity index (χ4v) is 4.22. The third-order valence-electron chi connectivity index (χ3n) is 5.85. The molecule has 8 heteroatoms. The normalized spacial score (nSPS) is 24.9. The molecule has 1 aliphatic rings. The minimum Gasteiger partial charge on any atom is -0.481 e. The zero-order valence-corrected chi connectivity index (χ0v) is 17.6. The van der Waals surface area contributed by atoms with Crippen molar-refractivity contribution in [2.45, 2.75) is 65.6 Å². The summed E-state index contributed by atoms with van der Waals surface area (Å²) in [5.74, 6) is -3.76. The number of allylic oxidation sites excluding steroid dienone is 2. The van der Waals surface area contributed by atoms with E-state index in [4.69, 9.17) is 0 Å². The molecule has 0 amide bonds. The van der Waals surface area contributed by atoms with Crippen molar-refractivity contribution in [1.29, 1.82) is 5.26 Å². The summed E-state index contributed by atoms with van der Waals surface area (Å²) in [5.41, 5.74) is -3.43. The lowest BCUT2D eigenvalue weighted by molar-refractivity contribution is -0.154. The summed E-state index contributed by atoms with van der Waals surface area (Å²) in [5, 5.41) is 23.1. The molecule has 1 aromatic rings. The molecule has 3 unspecified atom stereocenters. The van der Waals surface area contributed by atoms with Gasteiger partial charge >= 0.3 is 12.1 Å². The van der Waals surface area contributed by atoms with E-state index in [1.54, 1.807) is 6.92 Å². The summed E-state index contributed by atoms with van der Waals surface area (Å²) in [6.45, 7) is 8.85. The summed E-state index contributed by atoms with van der Waals surface area (Å²) in [7, 11) is 0. The lowest BCUT2D eigenvalue weighted by Gasteiger charge is -2.47. The Morgan fingerprint density at radius 1 is 1.30 bits per heavy atom. The maximum Gasteiger partial charge on any atom is 0.416 e. The Morgan fingerprint density at radius 2 is 1.90 bits per heavy atom. The van der Waals surface area contributed by atoms with Gasteiger partial charge in [-0.2, -0.15) is 18.4 Å². The van der Waals surface area contributed by atoms with Gasteiger partial charge in [0.2, 0.25) is 0 Å². The predicted molar refractivity (Wildman–Crippen MR) is 104 cm³/mol. The van der Waals surface area contributed by atoms with Crippen molar-refractivity contribution in [2.24, 2.45) is 10.8 Å². The summed E-state index contributed by atoms with van der Waals surface area (Å²) >= 11 is 0. The van der Waals surface area contributed by atoms with Crippen LogP contribution < -0.4 is 5.32 Å². The van der Waals surface area contributed by atoms with Crippen LogP contribution in [-0.2, 0) is 11.0 Å². The zero-order valence-electron chi connectivity index (χ0n) is 17.6. The molecule has 0 aromatic heterocycles. The minimum absolute atomic E-state index is 0.0395. The number of benzene rings is 1. The largest absolute Gasteiger partial charge is 0.481 e. The van der Waals surface area contributed by atoms with Crippen molar-refractivity contribution in [1.82, 2.24) is 5.32 Å². The Hall–Kier alpha value is -2.56. The predicted octanol–water partition coefficient (Wildman–Crippen LogP) is 5.61. The second kappa shape index (κ2) is 7.93. The Bertz CT molecular complexity index is 909. The van der Waals surface area contributed by atoms with Crippen molar-refractivity contribution in [2.75, 3.05) is 0 Å². The molecule has 2 rings (SSSR count). The van der Waals surface area contributed by atoms with Gasteiger partial charge in [0.05, 0.1) is 22.6 Å². The number of carboxylic acid groups (broad SMARTS) is 1. The number of rotatable bonds is 4. The molecule has 1 aromatic carbocycles. The summed E-state index contributed by atoms with van der Waals surface area (Å²) in [4.78, 5) is 12.7. The third-order valence-corrected chi connectivity index (χ3v) is 5.85. The van der Waals surface area contributed by atoms with Crippen molar-refractivity contribution >= 4 is 5.97 Å². The van der Waals surface area contributed by atoms with E-state index in [1.807, 2.05) is 26.8 Å². The van der Waals surface area contributed by atoms with E-state index in [9.17, 15) is 32.7 Å². The first-order valence-corrected chi connectivity index (χ1v) is 9.62. The van der Waals surface area contributed by atoms with Crippen LogP contribution in [0.25, 0.3) is 0 Å². The van der Waals surface area contributed by atoms with E-state index < -0.39 is 46.5 Å². The molecule has 0 fully saturated rings. The highest BCUT2D eigenvalue weighted by Crippen LogP contribution is 2.54. The Morgan fingerprint density at radius 3 is 2.37 bits per heavy atom. The van der Waals surface area contributed by atoms with E-state index in [2.05, 4.69) is 5.32 Å². The van der Waals surface area contributed by atoms with Gasteiger partial charge in [0, 0.05) is 17.7 Å². The SMILES string of the molecule is CC1=C(C#N)C(c2ccc(F)cc2C(F)(F)F)C(CCC(C)(C)C)(C(=O)O)C(C)N1. The highest BCUT2D eigenvalue weighted by atomic mass is 19.4. The molecule has 0 saturated carbocycles. The van der Waals surface area contributed by atoms with Gasteiger partial charge in [0.1, 0.15) is 5.82 Å². The van der Waals surface area contributed by atoms with Crippen LogP contribution in [0.15, 0.2) is 29.5 Å². The topological polar surface area (TPSA) is 73.1 Å². The molecule has 4 nitrogen and oxygen atoms in total. The number of hydrogen-bond donors (Lipinski definition) is 2. The van der Waals surface area contributed by atoms with Gasteiger partial charge in [-0.05, 0) is 49.8 Å².